The molecule has 0 unspecified atom stereocenters. The fraction of sp³-hybridized carbons (Fsp3) is 0.625. The number of benzene rings is 1. The Hall–Kier alpha value is -1.14. The molecule has 5 N–H and O–H groups in total. The second kappa shape index (κ2) is 27.2. The smallest absolute Gasteiger partial charge is 0.118 e. The van der Waals surface area contributed by atoms with Gasteiger partial charge in [-0.2, -0.15) is 0 Å². The average Bonchev–Trinajstić information content (AvgIpc) is 2.29. The van der Waals surface area contributed by atoms with Gasteiger partial charge in [-0.3, -0.25) is 0 Å². The molecule has 0 saturated heterocycles. The van der Waals surface area contributed by atoms with Crippen molar-refractivity contribution in [3.8, 4) is 5.75 Å². The Morgan fingerprint density at radius 2 is 1.29 bits per heavy atom. The molecule has 0 aliphatic carbocycles. The predicted octanol–water partition coefficient (Wildman–Crippen LogP) is 2.66. The van der Waals surface area contributed by atoms with Gasteiger partial charge in [-0.1, -0.05) is 34.4 Å². The number of rotatable bonds is 2. The van der Waals surface area contributed by atoms with Gasteiger partial charge in [0.05, 0.1) is 13.7 Å². The molecule has 0 fully saturated rings. The van der Waals surface area contributed by atoms with E-state index in [0.717, 1.165) is 11.3 Å². The number of aliphatic hydroxyl groups is 3. The summed E-state index contributed by atoms with van der Waals surface area (Å²) in [5.74, 6) is 0.817. The van der Waals surface area contributed by atoms with Crippen LogP contribution in [0.15, 0.2) is 24.3 Å². The largest absolute Gasteiger partial charge is 0.497 e. The van der Waals surface area contributed by atoms with Crippen LogP contribution in [0.3, 0.4) is 0 Å². The number of methoxy groups -OCH3 is 1. The van der Waals surface area contributed by atoms with Crippen LogP contribution < -0.4 is 4.74 Å². The fourth-order valence-corrected chi connectivity index (χ4v) is 0.731. The zero-order chi connectivity index (χ0) is 13.7. The van der Waals surface area contributed by atoms with Crippen LogP contribution in [0.5, 0.6) is 5.75 Å². The molecule has 0 saturated carbocycles. The first kappa shape index (κ1) is 36.8. The van der Waals surface area contributed by atoms with Gasteiger partial charge in [-0.25, -0.2) is 0 Å². The lowest BCUT2D eigenvalue weighted by molar-refractivity contribution is 0.216. The molecule has 0 heterocycles. The first-order valence-corrected chi connectivity index (χ1v) is 5.54. The number of aliphatic hydroxyl groups excluding tert-OH is 3. The molecule has 0 spiro atoms. The van der Waals surface area contributed by atoms with Crippen LogP contribution in [0, 0.1) is 0 Å². The van der Waals surface area contributed by atoms with Gasteiger partial charge in [0.15, 0.2) is 0 Å². The Morgan fingerprint density at radius 1 is 1.00 bits per heavy atom. The van der Waals surface area contributed by atoms with Gasteiger partial charge < -0.3 is 25.5 Å². The third-order valence-corrected chi connectivity index (χ3v) is 1.34. The average molecular weight is 310 g/mol. The van der Waals surface area contributed by atoms with Gasteiger partial charge in [0, 0.05) is 12.7 Å². The molecule has 0 bridgehead atoms. The topological polar surface area (TPSA) is 101 Å². The van der Waals surface area contributed by atoms with Gasteiger partial charge >= 0.3 is 0 Å². The predicted molar refractivity (Wildman–Crippen MR) is 92.8 cm³/mol. The molecule has 1 rings (SSSR count). The summed E-state index contributed by atoms with van der Waals surface area (Å²) in [6.45, 7) is 5.46. The van der Waals surface area contributed by atoms with Crippen LogP contribution in [0.4, 0.5) is 0 Å². The second-order valence-corrected chi connectivity index (χ2v) is 3.42. The van der Waals surface area contributed by atoms with Crippen LogP contribution in [0.1, 0.15) is 48.6 Å². The van der Waals surface area contributed by atoms with Gasteiger partial charge in [0.2, 0.25) is 0 Å². The number of hydrogen-bond donors (Lipinski definition) is 3. The Balaban J connectivity index is -0.0000000449. The quantitative estimate of drug-likeness (QED) is 0.781. The summed E-state index contributed by atoms with van der Waals surface area (Å²) in [5.41, 5.74) is 0.904. The van der Waals surface area contributed by atoms with Crippen LogP contribution in [-0.4, -0.2) is 40.6 Å². The standard InChI is InChI=1S/C8H10O2.C3H8O.C2H6O.3CH4.H2O/c1-10-8-4-2-7(6-9)3-5-8;1-3(2)4;1-2-3;;;;/h2-5,9H,6H2,1H3;3-4H,1-2H3;3H,2H2,1H3;3*1H4;1H2. The van der Waals surface area contributed by atoms with E-state index in [-0.39, 0.29) is 47.1 Å². The molecule has 0 aliphatic rings. The van der Waals surface area contributed by atoms with Crippen molar-refractivity contribution in [2.24, 2.45) is 0 Å². The Labute approximate surface area is 131 Å². The highest BCUT2D eigenvalue weighted by molar-refractivity contribution is 5.26. The van der Waals surface area contributed by atoms with Crippen molar-refractivity contribution in [1.29, 1.82) is 0 Å². The first-order chi connectivity index (χ1) is 8.01. The van der Waals surface area contributed by atoms with E-state index in [0.29, 0.717) is 0 Å². The highest BCUT2D eigenvalue weighted by Gasteiger charge is 1.89. The summed E-state index contributed by atoms with van der Waals surface area (Å²) in [7, 11) is 1.62. The van der Waals surface area contributed by atoms with Crippen molar-refractivity contribution in [1.82, 2.24) is 0 Å². The molecular formula is C16H38O5. The monoisotopic (exact) mass is 310 g/mol. The molecule has 0 radical (unpaired) electrons. The molecule has 5 nitrogen and oxygen atoms in total. The van der Waals surface area contributed by atoms with Crippen LogP contribution in [0.25, 0.3) is 0 Å². The second-order valence-electron chi connectivity index (χ2n) is 3.42. The third-order valence-electron chi connectivity index (χ3n) is 1.34. The van der Waals surface area contributed by atoms with E-state index < -0.39 is 0 Å². The van der Waals surface area contributed by atoms with E-state index >= 15 is 0 Å². The van der Waals surface area contributed by atoms with E-state index in [1.54, 1.807) is 27.9 Å². The lowest BCUT2D eigenvalue weighted by Crippen LogP contribution is -1.85. The van der Waals surface area contributed by atoms with Crippen LogP contribution in [-0.2, 0) is 6.61 Å². The highest BCUT2D eigenvalue weighted by atomic mass is 16.5. The van der Waals surface area contributed by atoms with E-state index in [1.807, 2.05) is 24.3 Å². The fourth-order valence-electron chi connectivity index (χ4n) is 0.731. The third kappa shape index (κ3) is 32.4. The Bertz CT molecular complexity index is 222. The zero-order valence-corrected chi connectivity index (χ0v) is 11.6. The molecule has 0 atom stereocenters. The molecule has 0 aromatic heterocycles. The molecular weight excluding hydrogens is 272 g/mol. The van der Waals surface area contributed by atoms with Crippen molar-refractivity contribution in [3.63, 3.8) is 0 Å². The van der Waals surface area contributed by atoms with Crippen LogP contribution >= 0.6 is 0 Å². The molecule has 1 aromatic rings. The van der Waals surface area contributed by atoms with Crippen molar-refractivity contribution >= 4 is 0 Å². The Kier molecular flexibility index (Phi) is 47.7. The molecule has 5 heteroatoms. The summed E-state index contributed by atoms with van der Waals surface area (Å²) in [5, 5.41) is 24.3. The van der Waals surface area contributed by atoms with Crippen LogP contribution in [0.2, 0.25) is 0 Å². The molecule has 21 heavy (non-hydrogen) atoms. The van der Waals surface area contributed by atoms with Gasteiger partial charge in [-0.15, -0.1) is 0 Å². The zero-order valence-electron chi connectivity index (χ0n) is 11.6. The number of hydrogen-bond acceptors (Lipinski definition) is 4. The van der Waals surface area contributed by atoms with Crippen molar-refractivity contribution in [3.05, 3.63) is 29.8 Å². The van der Waals surface area contributed by atoms with Crippen molar-refractivity contribution < 1.29 is 25.5 Å². The maximum atomic E-state index is 8.66. The molecule has 0 amide bonds. The highest BCUT2D eigenvalue weighted by Crippen LogP contribution is 2.10. The maximum Gasteiger partial charge on any atom is 0.118 e. The van der Waals surface area contributed by atoms with Gasteiger partial charge in [0.25, 0.3) is 0 Å². The first-order valence-electron chi connectivity index (χ1n) is 5.54. The maximum absolute atomic E-state index is 8.66. The minimum absolute atomic E-state index is 0. The van der Waals surface area contributed by atoms with E-state index in [9.17, 15) is 0 Å². The summed E-state index contributed by atoms with van der Waals surface area (Å²) in [4.78, 5) is 0. The van der Waals surface area contributed by atoms with Gasteiger partial charge in [0.1, 0.15) is 5.75 Å². The minimum Gasteiger partial charge on any atom is -0.497 e. The Morgan fingerprint density at radius 3 is 1.48 bits per heavy atom. The van der Waals surface area contributed by atoms with Gasteiger partial charge in [-0.05, 0) is 38.5 Å². The SMILES string of the molecule is C.C.C.CC(C)O.CCO.COc1ccc(CO)cc1.O. The summed E-state index contributed by atoms with van der Waals surface area (Å²) < 4.78 is 4.93. The minimum atomic E-state index is -0.167. The molecule has 1 aromatic carbocycles. The summed E-state index contributed by atoms with van der Waals surface area (Å²) in [6.07, 6.45) is -0.167. The summed E-state index contributed by atoms with van der Waals surface area (Å²) >= 11 is 0. The van der Waals surface area contributed by atoms with Crippen molar-refractivity contribution in [2.75, 3.05) is 13.7 Å². The normalized spacial score (nSPS) is 7.05. The van der Waals surface area contributed by atoms with Crippen molar-refractivity contribution in [2.45, 2.75) is 55.8 Å². The lowest BCUT2D eigenvalue weighted by atomic mass is 10.2. The van der Waals surface area contributed by atoms with E-state index in [4.69, 9.17) is 20.1 Å². The number of ether oxygens (including phenoxy) is 1. The molecule has 0 aliphatic heterocycles. The molecule has 132 valence electrons. The lowest BCUT2D eigenvalue weighted by Gasteiger charge is -1.98. The van der Waals surface area contributed by atoms with E-state index in [2.05, 4.69) is 0 Å². The van der Waals surface area contributed by atoms with E-state index in [1.165, 1.54) is 0 Å². The summed E-state index contributed by atoms with van der Waals surface area (Å²) in [6, 6.07) is 7.31.